The Morgan fingerprint density at radius 3 is 2.31 bits per heavy atom. The van der Waals surface area contributed by atoms with Gasteiger partial charge in [0, 0.05) is 18.4 Å². The molecule has 1 aliphatic rings. The summed E-state index contributed by atoms with van der Waals surface area (Å²) in [4.78, 5) is 40.8. The Bertz CT molecular complexity index is 1020. The lowest BCUT2D eigenvalue weighted by molar-refractivity contribution is -0.279. The van der Waals surface area contributed by atoms with Crippen LogP contribution >= 0.6 is 0 Å². The number of aromatic nitrogens is 1. The SMILES string of the molecule is CC[C@H](NC(=O)[C@H](CS(=O)(=O)Cc1cccnc1)NCC(F)(F)C(F)(F)F)C(=O)C(=O)NC1CC1. The van der Waals surface area contributed by atoms with E-state index in [4.69, 9.17) is 0 Å². The smallest absolute Gasteiger partial charge is 0.347 e. The van der Waals surface area contributed by atoms with E-state index in [1.54, 1.807) is 5.32 Å². The maximum Gasteiger partial charge on any atom is 0.454 e. The number of carbonyl (C=O) groups is 3. The average molecular weight is 528 g/mol. The first-order valence-corrected chi connectivity index (χ1v) is 12.4. The number of carbonyl (C=O) groups excluding carboxylic acids is 3. The zero-order valence-corrected chi connectivity index (χ0v) is 19.4. The van der Waals surface area contributed by atoms with E-state index in [1.807, 2.05) is 0 Å². The molecule has 0 aliphatic heterocycles. The first-order valence-electron chi connectivity index (χ1n) is 10.6. The molecule has 0 aromatic carbocycles. The molecule has 1 saturated carbocycles. The predicted octanol–water partition coefficient (Wildman–Crippen LogP) is 0.895. The lowest BCUT2D eigenvalue weighted by Crippen LogP contribution is -2.57. The first-order chi connectivity index (χ1) is 16.1. The molecule has 2 atom stereocenters. The molecule has 35 heavy (non-hydrogen) atoms. The number of halogens is 5. The van der Waals surface area contributed by atoms with E-state index in [1.165, 1.54) is 31.5 Å². The largest absolute Gasteiger partial charge is 0.454 e. The number of nitrogens with one attached hydrogen (secondary N) is 3. The number of pyridine rings is 1. The molecule has 15 heteroatoms. The third-order valence-electron chi connectivity index (χ3n) is 5.01. The van der Waals surface area contributed by atoms with Crippen LogP contribution in [0.4, 0.5) is 22.0 Å². The van der Waals surface area contributed by atoms with Crippen LogP contribution < -0.4 is 16.0 Å². The maximum absolute atomic E-state index is 13.4. The van der Waals surface area contributed by atoms with Crippen molar-refractivity contribution in [3.05, 3.63) is 30.1 Å². The average Bonchev–Trinajstić information content (AvgIpc) is 3.57. The summed E-state index contributed by atoms with van der Waals surface area (Å²) in [6.45, 7) is -0.656. The minimum absolute atomic E-state index is 0.115. The minimum atomic E-state index is -5.95. The van der Waals surface area contributed by atoms with Gasteiger partial charge in [-0.05, 0) is 30.9 Å². The van der Waals surface area contributed by atoms with Gasteiger partial charge in [-0.15, -0.1) is 0 Å². The Morgan fingerprint density at radius 1 is 1.14 bits per heavy atom. The quantitative estimate of drug-likeness (QED) is 0.256. The summed E-state index contributed by atoms with van der Waals surface area (Å²) in [7, 11) is -4.22. The number of ketones is 1. The van der Waals surface area contributed by atoms with Crippen LogP contribution in [0.3, 0.4) is 0 Å². The summed E-state index contributed by atoms with van der Waals surface area (Å²) in [6.07, 6.45) is -2.13. The molecule has 2 rings (SSSR count). The normalized spacial score (nSPS) is 16.3. The van der Waals surface area contributed by atoms with Crippen molar-refractivity contribution in [1.29, 1.82) is 0 Å². The minimum Gasteiger partial charge on any atom is -0.347 e. The topological polar surface area (TPSA) is 134 Å². The van der Waals surface area contributed by atoms with Crippen LogP contribution in [0.25, 0.3) is 0 Å². The molecule has 1 fully saturated rings. The number of alkyl halides is 5. The highest BCUT2D eigenvalue weighted by Crippen LogP contribution is 2.34. The molecule has 3 N–H and O–H groups in total. The molecule has 196 valence electrons. The van der Waals surface area contributed by atoms with Crippen molar-refractivity contribution in [3.63, 3.8) is 0 Å². The molecule has 0 saturated heterocycles. The molecule has 0 radical (unpaired) electrons. The van der Waals surface area contributed by atoms with E-state index in [2.05, 4.69) is 15.6 Å². The maximum atomic E-state index is 13.4. The van der Waals surface area contributed by atoms with Gasteiger partial charge in [0.15, 0.2) is 9.84 Å². The van der Waals surface area contributed by atoms with Gasteiger partial charge in [0.25, 0.3) is 5.91 Å². The van der Waals surface area contributed by atoms with E-state index in [0.29, 0.717) is 12.8 Å². The summed E-state index contributed by atoms with van der Waals surface area (Å²) < 4.78 is 89.7. The van der Waals surface area contributed by atoms with E-state index < -0.39 is 69.7 Å². The molecule has 9 nitrogen and oxygen atoms in total. The summed E-state index contributed by atoms with van der Waals surface area (Å²) in [5.41, 5.74) is 0.200. The van der Waals surface area contributed by atoms with Crippen LogP contribution in [0.2, 0.25) is 0 Å². The van der Waals surface area contributed by atoms with Crippen molar-refractivity contribution in [2.75, 3.05) is 12.3 Å². The van der Waals surface area contributed by atoms with Crippen LogP contribution in [0.15, 0.2) is 24.5 Å². The second kappa shape index (κ2) is 11.4. The standard InChI is InChI=1S/C20H25F5N4O5S/c1-2-14(16(30)18(32)28-13-5-6-13)29-17(31)15(27-11-19(21,22)20(23,24)25)10-35(33,34)9-12-4-3-7-26-8-12/h3-4,7-8,13-15,27H,2,5-6,9-11H2,1H3,(H,28,32)(H,29,31)/t14-,15-/m0/s1. The third kappa shape index (κ3) is 8.80. The van der Waals surface area contributed by atoms with Crippen LogP contribution in [0, 0.1) is 0 Å². The van der Waals surface area contributed by atoms with E-state index in [9.17, 15) is 44.8 Å². The van der Waals surface area contributed by atoms with E-state index in [0.717, 1.165) is 0 Å². The molecule has 0 unspecified atom stereocenters. The number of hydrogen-bond acceptors (Lipinski definition) is 7. The van der Waals surface area contributed by atoms with E-state index in [-0.39, 0.29) is 18.0 Å². The van der Waals surface area contributed by atoms with Gasteiger partial charge >= 0.3 is 12.1 Å². The monoisotopic (exact) mass is 528 g/mol. The fourth-order valence-electron chi connectivity index (χ4n) is 2.90. The first kappa shape index (κ1) is 28.6. The molecular weight excluding hydrogens is 503 g/mol. The number of amides is 2. The molecule has 0 bridgehead atoms. The molecule has 1 aliphatic carbocycles. The van der Waals surface area contributed by atoms with Crippen molar-refractivity contribution in [2.24, 2.45) is 0 Å². The molecule has 1 aromatic heterocycles. The molecular formula is C20H25F5N4O5S. The Balaban J connectivity index is 2.17. The summed E-state index contributed by atoms with van der Waals surface area (Å²) in [5.74, 6) is -10.4. The van der Waals surface area contributed by atoms with Gasteiger partial charge in [0.1, 0.15) is 6.04 Å². The number of hydrogen-bond donors (Lipinski definition) is 3. The van der Waals surface area contributed by atoms with Crippen LogP contribution in [-0.4, -0.2) is 73.5 Å². The Hall–Kier alpha value is -2.68. The summed E-state index contributed by atoms with van der Waals surface area (Å²) in [6, 6.07) is -0.847. The van der Waals surface area contributed by atoms with Crippen molar-refractivity contribution < 1.29 is 44.8 Å². The molecule has 1 heterocycles. The van der Waals surface area contributed by atoms with Gasteiger partial charge in [0.05, 0.1) is 24.1 Å². The zero-order chi connectivity index (χ0) is 26.4. The molecule has 1 aromatic rings. The Labute approximate surface area is 198 Å². The van der Waals surface area contributed by atoms with Crippen LogP contribution in [0.5, 0.6) is 0 Å². The predicted molar refractivity (Wildman–Crippen MR) is 113 cm³/mol. The highest BCUT2D eigenvalue weighted by atomic mass is 32.2. The number of sulfone groups is 1. The number of nitrogens with zero attached hydrogens (tertiary/aromatic N) is 1. The highest BCUT2D eigenvalue weighted by molar-refractivity contribution is 7.90. The van der Waals surface area contributed by atoms with Gasteiger partial charge in [-0.3, -0.25) is 24.7 Å². The van der Waals surface area contributed by atoms with Crippen molar-refractivity contribution >= 4 is 27.4 Å². The van der Waals surface area contributed by atoms with Gasteiger partial charge in [-0.2, -0.15) is 22.0 Å². The number of Topliss-reactive ketones (excluding diaryl/α,β-unsaturated/α-hetero) is 1. The summed E-state index contributed by atoms with van der Waals surface area (Å²) in [5, 5.41) is 6.16. The van der Waals surface area contributed by atoms with E-state index >= 15 is 0 Å². The van der Waals surface area contributed by atoms with Crippen LogP contribution in [-0.2, 0) is 30.0 Å². The van der Waals surface area contributed by atoms with Gasteiger partial charge < -0.3 is 10.6 Å². The lowest BCUT2D eigenvalue weighted by atomic mass is 10.1. The van der Waals surface area contributed by atoms with Gasteiger partial charge in [-0.25, -0.2) is 8.42 Å². The fourth-order valence-corrected chi connectivity index (χ4v) is 4.47. The van der Waals surface area contributed by atoms with Crippen LogP contribution in [0.1, 0.15) is 31.7 Å². The van der Waals surface area contributed by atoms with Gasteiger partial charge in [0.2, 0.25) is 11.7 Å². The zero-order valence-electron chi connectivity index (χ0n) is 18.6. The second-order valence-electron chi connectivity index (χ2n) is 8.13. The Kier molecular flexibility index (Phi) is 9.28. The van der Waals surface area contributed by atoms with Crippen molar-refractivity contribution in [3.8, 4) is 0 Å². The fraction of sp³-hybridized carbons (Fsp3) is 0.600. The second-order valence-corrected chi connectivity index (χ2v) is 10.2. The lowest BCUT2D eigenvalue weighted by Gasteiger charge is -2.25. The van der Waals surface area contributed by atoms with Crippen molar-refractivity contribution in [2.45, 2.75) is 62.2 Å². The van der Waals surface area contributed by atoms with Crippen molar-refractivity contribution in [1.82, 2.24) is 20.9 Å². The molecule has 0 spiro atoms. The van der Waals surface area contributed by atoms with Gasteiger partial charge in [-0.1, -0.05) is 13.0 Å². The molecule has 2 amide bonds. The Morgan fingerprint density at radius 2 is 1.80 bits per heavy atom. The highest BCUT2D eigenvalue weighted by Gasteiger charge is 2.57. The number of rotatable bonds is 13. The third-order valence-corrected chi connectivity index (χ3v) is 6.62. The summed E-state index contributed by atoms with van der Waals surface area (Å²) >= 11 is 0.